The molecule has 2 unspecified atom stereocenters. The molecule has 3 nitrogen and oxygen atoms in total. The van der Waals surface area contributed by atoms with Crippen molar-refractivity contribution in [1.82, 2.24) is 4.90 Å². The van der Waals surface area contributed by atoms with Crippen molar-refractivity contribution in [3.8, 4) is 0 Å². The number of rotatable bonds is 5. The summed E-state index contributed by atoms with van der Waals surface area (Å²) in [7, 11) is 2.31. The van der Waals surface area contributed by atoms with Crippen LogP contribution in [0.1, 0.15) is 51.9 Å². The van der Waals surface area contributed by atoms with Gasteiger partial charge in [-0.3, -0.25) is 4.90 Å². The summed E-state index contributed by atoms with van der Waals surface area (Å²) < 4.78 is 5.47. The molecule has 1 aliphatic carbocycles. The molecule has 0 aromatic heterocycles. The molecule has 0 bridgehead atoms. The Morgan fingerprint density at radius 2 is 1.95 bits per heavy atom. The zero-order valence-electron chi connectivity index (χ0n) is 12.9. The highest BCUT2D eigenvalue weighted by molar-refractivity contribution is 4.96. The van der Waals surface area contributed by atoms with Gasteiger partial charge in [0.15, 0.2) is 0 Å². The molecule has 2 rings (SSSR count). The maximum atomic E-state index is 6.19. The Hall–Kier alpha value is -0.120. The molecule has 2 aliphatic rings. The second-order valence-electron chi connectivity index (χ2n) is 6.74. The van der Waals surface area contributed by atoms with Crippen LogP contribution in [-0.2, 0) is 4.74 Å². The molecule has 0 spiro atoms. The predicted octanol–water partition coefficient (Wildman–Crippen LogP) is 2.64. The van der Waals surface area contributed by atoms with Crippen LogP contribution in [0.2, 0.25) is 0 Å². The molecule has 2 atom stereocenters. The summed E-state index contributed by atoms with van der Waals surface area (Å²) in [6.07, 6.45) is 9.12. The molecule has 2 N–H and O–H groups in total. The number of likely N-dealkylation sites (N-methyl/N-ethyl adjacent to an activating group) is 1. The zero-order chi connectivity index (χ0) is 13.7. The second kappa shape index (κ2) is 7.05. The SMILES string of the molecule is CCC1CCCC(CN)(N(C)CC2CCOCC2)C1. The molecular formula is C16H32N2O. The summed E-state index contributed by atoms with van der Waals surface area (Å²) in [6, 6.07) is 0. The first-order valence-corrected chi connectivity index (χ1v) is 8.19. The monoisotopic (exact) mass is 268 g/mol. The Morgan fingerprint density at radius 3 is 2.58 bits per heavy atom. The number of ether oxygens (including phenoxy) is 1. The lowest BCUT2D eigenvalue weighted by molar-refractivity contribution is 0.0124. The van der Waals surface area contributed by atoms with Crippen molar-refractivity contribution < 1.29 is 4.74 Å². The van der Waals surface area contributed by atoms with Gasteiger partial charge in [-0.2, -0.15) is 0 Å². The van der Waals surface area contributed by atoms with Crippen LogP contribution in [-0.4, -0.2) is 43.8 Å². The van der Waals surface area contributed by atoms with Crippen molar-refractivity contribution in [3.05, 3.63) is 0 Å². The van der Waals surface area contributed by atoms with Crippen LogP contribution >= 0.6 is 0 Å². The van der Waals surface area contributed by atoms with E-state index in [4.69, 9.17) is 10.5 Å². The van der Waals surface area contributed by atoms with Crippen LogP contribution in [0.25, 0.3) is 0 Å². The summed E-state index contributed by atoms with van der Waals surface area (Å²) in [5.41, 5.74) is 6.47. The van der Waals surface area contributed by atoms with Crippen molar-refractivity contribution in [2.75, 3.05) is 33.4 Å². The summed E-state index contributed by atoms with van der Waals surface area (Å²) in [5, 5.41) is 0. The lowest BCUT2D eigenvalue weighted by atomic mass is 9.73. The molecule has 0 aromatic carbocycles. The number of hydrogen-bond acceptors (Lipinski definition) is 3. The van der Waals surface area contributed by atoms with Gasteiger partial charge in [0.2, 0.25) is 0 Å². The van der Waals surface area contributed by atoms with E-state index >= 15 is 0 Å². The van der Waals surface area contributed by atoms with Crippen LogP contribution in [0, 0.1) is 11.8 Å². The van der Waals surface area contributed by atoms with Crippen molar-refractivity contribution in [2.45, 2.75) is 57.4 Å². The average Bonchev–Trinajstić information content (AvgIpc) is 2.48. The first kappa shape index (κ1) is 15.3. The van der Waals surface area contributed by atoms with Crippen LogP contribution in [0.5, 0.6) is 0 Å². The standard InChI is InChI=1S/C16H32N2O/c1-3-14-5-4-8-16(11-14,13-17)18(2)12-15-6-9-19-10-7-15/h14-15H,3-13,17H2,1-2H3. The van der Waals surface area contributed by atoms with E-state index in [1.165, 1.54) is 51.5 Å². The van der Waals surface area contributed by atoms with Gasteiger partial charge in [-0.05, 0) is 44.6 Å². The molecule has 1 saturated heterocycles. The van der Waals surface area contributed by atoms with Crippen LogP contribution in [0.15, 0.2) is 0 Å². The van der Waals surface area contributed by atoms with Gasteiger partial charge in [-0.1, -0.05) is 26.2 Å². The van der Waals surface area contributed by atoms with E-state index in [0.29, 0.717) is 0 Å². The Labute approximate surface area is 118 Å². The Kier molecular flexibility index (Phi) is 5.67. The fourth-order valence-electron chi connectivity index (χ4n) is 4.01. The van der Waals surface area contributed by atoms with Crippen molar-refractivity contribution >= 4 is 0 Å². The van der Waals surface area contributed by atoms with E-state index in [0.717, 1.165) is 31.6 Å². The topological polar surface area (TPSA) is 38.5 Å². The van der Waals surface area contributed by atoms with Gasteiger partial charge in [0, 0.05) is 31.8 Å². The number of nitrogens with zero attached hydrogens (tertiary/aromatic N) is 1. The lowest BCUT2D eigenvalue weighted by Crippen LogP contribution is -2.56. The lowest BCUT2D eigenvalue weighted by Gasteiger charge is -2.48. The van der Waals surface area contributed by atoms with Crippen LogP contribution in [0.4, 0.5) is 0 Å². The quantitative estimate of drug-likeness (QED) is 0.833. The fraction of sp³-hybridized carbons (Fsp3) is 1.00. The molecule has 19 heavy (non-hydrogen) atoms. The normalized spacial score (nSPS) is 33.8. The van der Waals surface area contributed by atoms with E-state index in [1.807, 2.05) is 0 Å². The molecule has 0 radical (unpaired) electrons. The Balaban J connectivity index is 1.94. The predicted molar refractivity (Wildman–Crippen MR) is 80.2 cm³/mol. The molecular weight excluding hydrogens is 236 g/mol. The number of hydrogen-bond donors (Lipinski definition) is 1. The van der Waals surface area contributed by atoms with E-state index in [1.54, 1.807) is 0 Å². The summed E-state index contributed by atoms with van der Waals surface area (Å²) in [5.74, 6) is 1.69. The van der Waals surface area contributed by atoms with Crippen molar-refractivity contribution in [1.29, 1.82) is 0 Å². The van der Waals surface area contributed by atoms with Gasteiger partial charge < -0.3 is 10.5 Å². The van der Waals surface area contributed by atoms with Crippen molar-refractivity contribution in [3.63, 3.8) is 0 Å². The maximum Gasteiger partial charge on any atom is 0.0469 e. The van der Waals surface area contributed by atoms with Gasteiger partial charge in [-0.25, -0.2) is 0 Å². The van der Waals surface area contributed by atoms with E-state index < -0.39 is 0 Å². The molecule has 112 valence electrons. The molecule has 0 amide bonds. The van der Waals surface area contributed by atoms with Gasteiger partial charge in [0.25, 0.3) is 0 Å². The molecule has 3 heteroatoms. The first-order chi connectivity index (χ1) is 9.20. The minimum absolute atomic E-state index is 0.275. The van der Waals surface area contributed by atoms with Crippen LogP contribution < -0.4 is 5.73 Å². The molecule has 2 fully saturated rings. The molecule has 1 heterocycles. The molecule has 0 aromatic rings. The van der Waals surface area contributed by atoms with E-state index in [-0.39, 0.29) is 5.54 Å². The highest BCUT2D eigenvalue weighted by Gasteiger charge is 2.38. The highest BCUT2D eigenvalue weighted by atomic mass is 16.5. The third-order valence-electron chi connectivity index (χ3n) is 5.56. The average molecular weight is 268 g/mol. The zero-order valence-corrected chi connectivity index (χ0v) is 12.9. The van der Waals surface area contributed by atoms with E-state index in [2.05, 4.69) is 18.9 Å². The largest absolute Gasteiger partial charge is 0.381 e. The third-order valence-corrected chi connectivity index (χ3v) is 5.56. The van der Waals surface area contributed by atoms with E-state index in [9.17, 15) is 0 Å². The summed E-state index contributed by atoms with van der Waals surface area (Å²) >= 11 is 0. The van der Waals surface area contributed by atoms with Crippen molar-refractivity contribution in [2.24, 2.45) is 17.6 Å². The molecule has 1 saturated carbocycles. The smallest absolute Gasteiger partial charge is 0.0469 e. The first-order valence-electron chi connectivity index (χ1n) is 8.19. The van der Waals surface area contributed by atoms with Gasteiger partial charge in [0.05, 0.1) is 0 Å². The minimum Gasteiger partial charge on any atom is -0.381 e. The molecule has 1 aliphatic heterocycles. The third kappa shape index (κ3) is 3.71. The highest BCUT2D eigenvalue weighted by Crippen LogP contribution is 2.37. The van der Waals surface area contributed by atoms with Gasteiger partial charge in [0.1, 0.15) is 0 Å². The maximum absolute atomic E-state index is 6.19. The minimum atomic E-state index is 0.275. The Bertz CT molecular complexity index is 265. The number of nitrogens with two attached hydrogens (primary N) is 1. The second-order valence-corrected chi connectivity index (χ2v) is 6.74. The summed E-state index contributed by atoms with van der Waals surface area (Å²) in [4.78, 5) is 2.60. The summed E-state index contributed by atoms with van der Waals surface area (Å²) in [6.45, 7) is 6.26. The van der Waals surface area contributed by atoms with Gasteiger partial charge in [-0.15, -0.1) is 0 Å². The fourth-order valence-corrected chi connectivity index (χ4v) is 4.01. The Morgan fingerprint density at radius 1 is 1.21 bits per heavy atom. The van der Waals surface area contributed by atoms with Crippen LogP contribution in [0.3, 0.4) is 0 Å². The van der Waals surface area contributed by atoms with Gasteiger partial charge >= 0.3 is 0 Å².